The van der Waals surface area contributed by atoms with Crippen LogP contribution in [0.2, 0.25) is 0 Å². The largest absolute Gasteiger partial charge is 0.489 e. The summed E-state index contributed by atoms with van der Waals surface area (Å²) in [5.74, 6) is 2.02. The van der Waals surface area contributed by atoms with E-state index in [0.717, 1.165) is 40.5 Å². The topological polar surface area (TPSA) is 18.5 Å². The second kappa shape index (κ2) is 13.4. The Morgan fingerprint density at radius 2 is 1.08 bits per heavy atom. The maximum atomic E-state index is 6.78. The predicted molar refractivity (Wildman–Crippen MR) is 158 cm³/mol. The van der Waals surface area contributed by atoms with Crippen molar-refractivity contribution in [3.8, 4) is 11.5 Å². The standard InChI is InChI=1S/C34H50O2/c1-8-10-12-14-18-25(3)35-32-28-20-16-17-21-29(28)33(36-26(4)19-15-13-11-9-2)31-24-27(34(5,6)7)22-23-30(31)32/h16-17,20-26H,8-15,18-19H2,1-7H3. The van der Waals surface area contributed by atoms with E-state index < -0.39 is 0 Å². The van der Waals surface area contributed by atoms with Crippen LogP contribution in [0, 0.1) is 0 Å². The van der Waals surface area contributed by atoms with Gasteiger partial charge in [-0.3, -0.25) is 0 Å². The molecule has 2 atom stereocenters. The summed E-state index contributed by atoms with van der Waals surface area (Å²) in [5.41, 5.74) is 1.39. The first-order chi connectivity index (χ1) is 17.3. The van der Waals surface area contributed by atoms with Gasteiger partial charge in [-0.05, 0) is 56.6 Å². The molecule has 0 aromatic heterocycles. The maximum absolute atomic E-state index is 6.78. The minimum atomic E-state index is 0.0659. The number of ether oxygens (including phenoxy) is 2. The Kier molecular flexibility index (Phi) is 10.5. The van der Waals surface area contributed by atoms with Crippen molar-refractivity contribution in [3.05, 3.63) is 48.0 Å². The molecule has 2 heteroatoms. The average Bonchev–Trinajstić information content (AvgIpc) is 2.85. The van der Waals surface area contributed by atoms with Crippen LogP contribution in [-0.2, 0) is 5.41 Å². The Labute approximate surface area is 220 Å². The Morgan fingerprint density at radius 1 is 0.611 bits per heavy atom. The highest BCUT2D eigenvalue weighted by atomic mass is 16.5. The molecule has 0 saturated heterocycles. The number of hydrogen-bond acceptors (Lipinski definition) is 2. The van der Waals surface area contributed by atoms with E-state index in [2.05, 4.69) is 90.9 Å². The second-order valence-electron chi connectivity index (χ2n) is 11.8. The zero-order chi connectivity index (χ0) is 26.1. The van der Waals surface area contributed by atoms with E-state index in [1.165, 1.54) is 62.3 Å². The number of unbranched alkanes of at least 4 members (excludes halogenated alkanes) is 6. The van der Waals surface area contributed by atoms with Crippen LogP contribution in [-0.4, -0.2) is 12.2 Å². The SMILES string of the molecule is CCCCCCC(C)Oc1c2ccccc2c(OC(C)CCCCCC)c2cc(C(C)(C)C)ccc12. The van der Waals surface area contributed by atoms with Gasteiger partial charge in [0.2, 0.25) is 0 Å². The minimum Gasteiger partial charge on any atom is -0.489 e. The number of hydrogen-bond donors (Lipinski definition) is 0. The van der Waals surface area contributed by atoms with E-state index in [9.17, 15) is 0 Å². The Balaban J connectivity index is 2.06. The van der Waals surface area contributed by atoms with Crippen LogP contribution in [0.1, 0.15) is 118 Å². The van der Waals surface area contributed by atoms with Crippen molar-refractivity contribution >= 4 is 21.5 Å². The molecule has 2 nitrogen and oxygen atoms in total. The molecule has 198 valence electrons. The lowest BCUT2D eigenvalue weighted by Crippen LogP contribution is -2.15. The van der Waals surface area contributed by atoms with Gasteiger partial charge in [0.1, 0.15) is 11.5 Å². The molecule has 0 spiro atoms. The van der Waals surface area contributed by atoms with Crippen LogP contribution < -0.4 is 9.47 Å². The van der Waals surface area contributed by atoms with Gasteiger partial charge in [-0.1, -0.05) is 110 Å². The molecule has 3 aromatic carbocycles. The first kappa shape index (κ1) is 28.4. The fourth-order valence-corrected chi connectivity index (χ4v) is 5.06. The minimum absolute atomic E-state index is 0.0659. The zero-order valence-corrected chi connectivity index (χ0v) is 24.1. The van der Waals surface area contributed by atoms with Gasteiger partial charge in [0.15, 0.2) is 0 Å². The molecular weight excluding hydrogens is 440 g/mol. The molecule has 0 bridgehead atoms. The first-order valence-corrected chi connectivity index (χ1v) is 14.6. The van der Waals surface area contributed by atoms with Crippen LogP contribution in [0.5, 0.6) is 11.5 Å². The smallest absolute Gasteiger partial charge is 0.135 e. The Bertz CT molecular complexity index is 1090. The van der Waals surface area contributed by atoms with Crippen LogP contribution in [0.4, 0.5) is 0 Å². The van der Waals surface area contributed by atoms with Crippen molar-refractivity contribution < 1.29 is 9.47 Å². The van der Waals surface area contributed by atoms with Crippen molar-refractivity contribution in [2.75, 3.05) is 0 Å². The van der Waals surface area contributed by atoms with E-state index in [-0.39, 0.29) is 17.6 Å². The van der Waals surface area contributed by atoms with Gasteiger partial charge in [0.05, 0.1) is 12.2 Å². The fourth-order valence-electron chi connectivity index (χ4n) is 5.06. The summed E-state index contributed by atoms with van der Waals surface area (Å²) in [7, 11) is 0. The highest BCUT2D eigenvalue weighted by Crippen LogP contribution is 2.45. The molecule has 0 saturated carbocycles. The first-order valence-electron chi connectivity index (χ1n) is 14.6. The quantitative estimate of drug-likeness (QED) is 0.165. The molecule has 36 heavy (non-hydrogen) atoms. The van der Waals surface area contributed by atoms with Gasteiger partial charge in [-0.15, -0.1) is 0 Å². The Morgan fingerprint density at radius 3 is 1.56 bits per heavy atom. The maximum Gasteiger partial charge on any atom is 0.135 e. The van der Waals surface area contributed by atoms with Gasteiger partial charge in [-0.2, -0.15) is 0 Å². The third-order valence-corrected chi connectivity index (χ3v) is 7.36. The molecule has 3 rings (SSSR count). The summed E-state index contributed by atoms with van der Waals surface area (Å²) in [5, 5.41) is 4.65. The fraction of sp³-hybridized carbons (Fsp3) is 0.588. The molecule has 0 aliphatic carbocycles. The van der Waals surface area contributed by atoms with Gasteiger partial charge in [-0.25, -0.2) is 0 Å². The number of fused-ring (bicyclic) bond motifs is 2. The van der Waals surface area contributed by atoms with E-state index in [1.54, 1.807) is 0 Å². The van der Waals surface area contributed by atoms with Crippen LogP contribution in [0.3, 0.4) is 0 Å². The van der Waals surface area contributed by atoms with Crippen molar-refractivity contribution in [2.45, 2.75) is 130 Å². The third-order valence-electron chi connectivity index (χ3n) is 7.36. The van der Waals surface area contributed by atoms with Crippen LogP contribution in [0.25, 0.3) is 21.5 Å². The molecular formula is C34H50O2. The molecule has 0 amide bonds. The van der Waals surface area contributed by atoms with Crippen molar-refractivity contribution in [1.82, 2.24) is 0 Å². The molecule has 0 heterocycles. The zero-order valence-electron chi connectivity index (χ0n) is 24.1. The second-order valence-corrected chi connectivity index (χ2v) is 11.8. The molecule has 2 unspecified atom stereocenters. The van der Waals surface area contributed by atoms with Gasteiger partial charge in [0, 0.05) is 21.5 Å². The summed E-state index contributed by atoms with van der Waals surface area (Å²) < 4.78 is 13.5. The molecule has 0 aliphatic rings. The summed E-state index contributed by atoms with van der Waals surface area (Å²) in [6.07, 6.45) is 12.7. The molecule has 3 aromatic rings. The van der Waals surface area contributed by atoms with Crippen molar-refractivity contribution in [3.63, 3.8) is 0 Å². The molecule has 0 N–H and O–H groups in total. The lowest BCUT2D eigenvalue weighted by atomic mass is 9.85. The summed E-state index contributed by atoms with van der Waals surface area (Å²) in [4.78, 5) is 0. The van der Waals surface area contributed by atoms with Gasteiger partial charge >= 0.3 is 0 Å². The van der Waals surface area contributed by atoms with E-state index in [0.29, 0.717) is 0 Å². The normalized spacial score (nSPS) is 13.8. The van der Waals surface area contributed by atoms with Crippen molar-refractivity contribution in [2.24, 2.45) is 0 Å². The lowest BCUT2D eigenvalue weighted by molar-refractivity contribution is 0.207. The van der Waals surface area contributed by atoms with E-state index in [4.69, 9.17) is 9.47 Å². The number of rotatable bonds is 14. The van der Waals surface area contributed by atoms with E-state index in [1.807, 2.05) is 0 Å². The average molecular weight is 491 g/mol. The highest BCUT2D eigenvalue weighted by molar-refractivity contribution is 6.11. The van der Waals surface area contributed by atoms with Crippen molar-refractivity contribution in [1.29, 1.82) is 0 Å². The summed E-state index contributed by atoms with van der Waals surface area (Å²) in [6.45, 7) is 15.8. The summed E-state index contributed by atoms with van der Waals surface area (Å²) >= 11 is 0. The summed E-state index contributed by atoms with van der Waals surface area (Å²) in [6, 6.07) is 15.5. The van der Waals surface area contributed by atoms with Crippen LogP contribution in [0.15, 0.2) is 42.5 Å². The number of benzene rings is 3. The van der Waals surface area contributed by atoms with Gasteiger partial charge < -0.3 is 9.47 Å². The third kappa shape index (κ3) is 7.40. The van der Waals surface area contributed by atoms with Gasteiger partial charge in [0.25, 0.3) is 0 Å². The van der Waals surface area contributed by atoms with E-state index >= 15 is 0 Å². The highest BCUT2D eigenvalue weighted by Gasteiger charge is 2.22. The molecule has 0 fully saturated rings. The monoisotopic (exact) mass is 490 g/mol. The Hall–Kier alpha value is -2.22. The lowest BCUT2D eigenvalue weighted by Gasteiger charge is -2.25. The molecule has 0 radical (unpaired) electrons. The predicted octanol–water partition coefficient (Wildman–Crippen LogP) is 10.8. The molecule has 0 aliphatic heterocycles. The van der Waals surface area contributed by atoms with Crippen LogP contribution >= 0.6 is 0 Å².